The fraction of sp³-hybridized carbons (Fsp3) is 0.250. The van der Waals surface area contributed by atoms with Crippen molar-refractivity contribution in [3.05, 3.63) is 58.6 Å². The van der Waals surface area contributed by atoms with Gasteiger partial charge in [-0.2, -0.15) is 0 Å². The second-order valence-electron chi connectivity index (χ2n) is 4.41. The van der Waals surface area contributed by atoms with Crippen molar-refractivity contribution in [2.24, 2.45) is 0 Å². The summed E-state index contributed by atoms with van der Waals surface area (Å²) in [5.41, 5.74) is 2.17. The molecule has 1 unspecified atom stereocenters. The summed E-state index contributed by atoms with van der Waals surface area (Å²) in [5, 5.41) is 3.49. The molecule has 2 rings (SSSR count). The zero-order valence-corrected chi connectivity index (χ0v) is 13.2. The Morgan fingerprint density at radius 2 is 1.85 bits per heavy atom. The summed E-state index contributed by atoms with van der Waals surface area (Å²) in [6.07, 6.45) is 0. The minimum Gasteiger partial charge on any atom is -0.497 e. The van der Waals surface area contributed by atoms with Gasteiger partial charge >= 0.3 is 0 Å². The van der Waals surface area contributed by atoms with Crippen molar-refractivity contribution in [3.63, 3.8) is 0 Å². The van der Waals surface area contributed by atoms with Crippen LogP contribution in [0, 0.1) is 0 Å². The first kappa shape index (κ1) is 14.9. The molecule has 3 nitrogen and oxygen atoms in total. The summed E-state index contributed by atoms with van der Waals surface area (Å²) >= 11 is 3.55. The average molecular weight is 336 g/mol. The van der Waals surface area contributed by atoms with Crippen LogP contribution in [0.25, 0.3) is 0 Å². The lowest BCUT2D eigenvalue weighted by Gasteiger charge is -2.21. The van der Waals surface area contributed by atoms with Crippen LogP contribution in [-0.4, -0.2) is 20.8 Å². The lowest BCUT2D eigenvalue weighted by atomic mass is 10.1. The molecule has 1 N–H and O–H groups in total. The van der Waals surface area contributed by atoms with E-state index in [-0.39, 0.29) is 6.04 Å². The van der Waals surface area contributed by atoms with Crippen molar-refractivity contribution < 1.29 is 9.47 Å². The molecule has 0 bridgehead atoms. The van der Waals surface area contributed by atoms with Gasteiger partial charge < -0.3 is 14.8 Å². The standard InChI is InChI=1S/C16H18BrNO2/c1-19-11-16(12-6-4-3-5-7-12)18-15-10-13(20-2)8-9-14(15)17/h3-10,16,18H,11H2,1-2H3. The van der Waals surface area contributed by atoms with E-state index in [9.17, 15) is 0 Å². The number of hydrogen-bond donors (Lipinski definition) is 1. The molecular weight excluding hydrogens is 318 g/mol. The molecule has 0 saturated heterocycles. The van der Waals surface area contributed by atoms with E-state index in [4.69, 9.17) is 9.47 Å². The monoisotopic (exact) mass is 335 g/mol. The molecule has 20 heavy (non-hydrogen) atoms. The van der Waals surface area contributed by atoms with E-state index < -0.39 is 0 Å². The van der Waals surface area contributed by atoms with Crippen molar-refractivity contribution in [2.75, 3.05) is 26.1 Å². The van der Waals surface area contributed by atoms with Crippen molar-refractivity contribution in [3.8, 4) is 5.75 Å². The van der Waals surface area contributed by atoms with E-state index in [1.54, 1.807) is 14.2 Å². The largest absolute Gasteiger partial charge is 0.497 e. The predicted octanol–water partition coefficient (Wildman–Crippen LogP) is 4.26. The molecule has 0 aliphatic rings. The fourth-order valence-electron chi connectivity index (χ4n) is 2.00. The maximum absolute atomic E-state index is 5.32. The van der Waals surface area contributed by atoms with Crippen molar-refractivity contribution in [2.45, 2.75) is 6.04 Å². The normalized spacial score (nSPS) is 11.9. The number of hydrogen-bond acceptors (Lipinski definition) is 3. The zero-order valence-electron chi connectivity index (χ0n) is 11.6. The van der Waals surface area contributed by atoms with Gasteiger partial charge in [-0.25, -0.2) is 0 Å². The van der Waals surface area contributed by atoms with E-state index in [1.165, 1.54) is 5.56 Å². The lowest BCUT2D eigenvalue weighted by molar-refractivity contribution is 0.186. The van der Waals surface area contributed by atoms with Gasteiger partial charge in [0.25, 0.3) is 0 Å². The number of halogens is 1. The van der Waals surface area contributed by atoms with Gasteiger partial charge in [0.1, 0.15) is 5.75 Å². The molecule has 106 valence electrons. The van der Waals surface area contributed by atoms with Crippen LogP contribution >= 0.6 is 15.9 Å². The first-order chi connectivity index (χ1) is 9.74. The summed E-state index contributed by atoms with van der Waals surface area (Å²) in [6, 6.07) is 16.2. The summed E-state index contributed by atoms with van der Waals surface area (Å²) in [7, 11) is 3.37. The van der Waals surface area contributed by atoms with Gasteiger partial charge in [0, 0.05) is 17.6 Å². The molecule has 0 aliphatic heterocycles. The Labute approximate surface area is 128 Å². The number of nitrogens with one attached hydrogen (secondary N) is 1. The van der Waals surface area contributed by atoms with E-state index in [0.717, 1.165) is 15.9 Å². The van der Waals surface area contributed by atoms with Crippen LogP contribution in [0.5, 0.6) is 5.75 Å². The smallest absolute Gasteiger partial charge is 0.121 e. The molecule has 2 aromatic rings. The summed E-state index contributed by atoms with van der Waals surface area (Å²) in [6.45, 7) is 0.591. The second kappa shape index (κ2) is 7.31. The Morgan fingerprint density at radius 1 is 1.10 bits per heavy atom. The van der Waals surface area contributed by atoms with Crippen molar-refractivity contribution in [1.29, 1.82) is 0 Å². The van der Waals surface area contributed by atoms with E-state index in [1.807, 2.05) is 36.4 Å². The van der Waals surface area contributed by atoms with Crippen LogP contribution < -0.4 is 10.1 Å². The van der Waals surface area contributed by atoms with Gasteiger partial charge in [0.15, 0.2) is 0 Å². The highest BCUT2D eigenvalue weighted by molar-refractivity contribution is 9.10. The van der Waals surface area contributed by atoms with Gasteiger partial charge in [-0.15, -0.1) is 0 Å². The summed E-state index contributed by atoms with van der Waals surface area (Å²) in [4.78, 5) is 0. The van der Waals surface area contributed by atoms with Gasteiger partial charge in [-0.3, -0.25) is 0 Å². The summed E-state index contributed by atoms with van der Waals surface area (Å²) in [5.74, 6) is 0.819. The van der Waals surface area contributed by atoms with Gasteiger partial charge in [-0.1, -0.05) is 30.3 Å². The topological polar surface area (TPSA) is 30.5 Å². The zero-order chi connectivity index (χ0) is 14.4. The van der Waals surface area contributed by atoms with Crippen LogP contribution in [0.1, 0.15) is 11.6 Å². The molecule has 0 aromatic heterocycles. The van der Waals surface area contributed by atoms with Gasteiger partial charge in [-0.05, 0) is 33.6 Å². The first-order valence-corrected chi connectivity index (χ1v) is 7.18. The molecule has 4 heteroatoms. The van der Waals surface area contributed by atoms with Crippen LogP contribution in [0.4, 0.5) is 5.69 Å². The van der Waals surface area contributed by atoms with Crippen molar-refractivity contribution in [1.82, 2.24) is 0 Å². The van der Waals surface area contributed by atoms with Crippen molar-refractivity contribution >= 4 is 21.6 Å². The predicted molar refractivity (Wildman–Crippen MR) is 85.4 cm³/mol. The Hall–Kier alpha value is -1.52. The molecular formula is C16H18BrNO2. The molecule has 0 fully saturated rings. The Bertz CT molecular complexity index is 545. The van der Waals surface area contributed by atoms with E-state index in [0.29, 0.717) is 6.61 Å². The van der Waals surface area contributed by atoms with Crippen LogP contribution in [0.15, 0.2) is 53.0 Å². The molecule has 0 saturated carbocycles. The highest BCUT2D eigenvalue weighted by Gasteiger charge is 2.13. The highest BCUT2D eigenvalue weighted by Crippen LogP contribution is 2.30. The minimum atomic E-state index is 0.0876. The third-order valence-electron chi connectivity index (χ3n) is 3.04. The third kappa shape index (κ3) is 3.74. The number of rotatable bonds is 6. The molecule has 0 heterocycles. The lowest BCUT2D eigenvalue weighted by Crippen LogP contribution is -2.16. The molecule has 0 radical (unpaired) electrons. The molecule has 0 aliphatic carbocycles. The number of methoxy groups -OCH3 is 2. The Balaban J connectivity index is 2.24. The third-order valence-corrected chi connectivity index (χ3v) is 3.73. The van der Waals surface area contributed by atoms with Gasteiger partial charge in [0.2, 0.25) is 0 Å². The number of ether oxygens (including phenoxy) is 2. The summed E-state index contributed by atoms with van der Waals surface area (Å²) < 4.78 is 11.6. The Kier molecular flexibility index (Phi) is 5.44. The molecule has 2 aromatic carbocycles. The average Bonchev–Trinajstić information content (AvgIpc) is 2.49. The Morgan fingerprint density at radius 3 is 2.50 bits per heavy atom. The van der Waals surface area contributed by atoms with Crippen LogP contribution in [-0.2, 0) is 4.74 Å². The van der Waals surface area contributed by atoms with E-state index >= 15 is 0 Å². The van der Waals surface area contributed by atoms with E-state index in [2.05, 4.69) is 33.4 Å². The first-order valence-electron chi connectivity index (χ1n) is 6.38. The maximum Gasteiger partial charge on any atom is 0.121 e. The van der Waals surface area contributed by atoms with Crippen LogP contribution in [0.3, 0.4) is 0 Å². The minimum absolute atomic E-state index is 0.0876. The fourth-order valence-corrected chi connectivity index (χ4v) is 2.36. The quantitative estimate of drug-likeness (QED) is 0.855. The number of anilines is 1. The highest BCUT2D eigenvalue weighted by atomic mass is 79.9. The van der Waals surface area contributed by atoms with Crippen LogP contribution in [0.2, 0.25) is 0 Å². The molecule has 1 atom stereocenters. The molecule has 0 amide bonds. The van der Waals surface area contributed by atoms with Gasteiger partial charge in [0.05, 0.1) is 25.4 Å². The number of benzene rings is 2. The second-order valence-corrected chi connectivity index (χ2v) is 5.26. The maximum atomic E-state index is 5.32. The molecule has 0 spiro atoms. The SMILES string of the molecule is COCC(Nc1cc(OC)ccc1Br)c1ccccc1.